The van der Waals surface area contributed by atoms with E-state index in [1.165, 1.54) is 13.8 Å². The predicted octanol–water partition coefficient (Wildman–Crippen LogP) is 0.0604. The number of sulfonamides is 1. The van der Waals surface area contributed by atoms with Crippen molar-refractivity contribution in [1.82, 2.24) is 0 Å². The highest BCUT2D eigenvalue weighted by atomic mass is 32.2. The van der Waals surface area contributed by atoms with Crippen molar-refractivity contribution in [3.8, 4) is 0 Å². The molecular formula is C4H7NO3S. The van der Waals surface area contributed by atoms with Gasteiger partial charge in [0.25, 0.3) is 16.1 Å². The van der Waals surface area contributed by atoms with Crippen molar-refractivity contribution in [3.63, 3.8) is 0 Å². The van der Waals surface area contributed by atoms with Crippen LogP contribution in [0, 0.1) is 0 Å². The molecule has 0 aliphatic rings. The van der Waals surface area contributed by atoms with Crippen molar-refractivity contribution in [1.29, 1.82) is 0 Å². The van der Waals surface area contributed by atoms with Gasteiger partial charge in [-0.25, -0.2) is 13.2 Å². The van der Waals surface area contributed by atoms with Gasteiger partial charge in [0.1, 0.15) is 0 Å². The van der Waals surface area contributed by atoms with E-state index in [2.05, 4.69) is 4.40 Å². The van der Waals surface area contributed by atoms with Crippen LogP contribution in [0.4, 0.5) is 0 Å². The van der Waals surface area contributed by atoms with Crippen LogP contribution in [0.1, 0.15) is 13.8 Å². The van der Waals surface area contributed by atoms with Crippen LogP contribution in [0.5, 0.6) is 0 Å². The first-order chi connectivity index (χ1) is 4.00. The molecule has 0 saturated carbocycles. The molecule has 0 unspecified atom stereocenters. The molecule has 0 bridgehead atoms. The second-order valence-corrected chi connectivity index (χ2v) is 3.90. The maximum Gasteiger partial charge on any atom is 0.265 e. The molecule has 5 heteroatoms. The number of rotatable bonds is 2. The van der Waals surface area contributed by atoms with E-state index in [4.69, 9.17) is 0 Å². The zero-order chi connectivity index (χ0) is 7.49. The molecule has 0 aliphatic carbocycles. The van der Waals surface area contributed by atoms with Gasteiger partial charge in [0, 0.05) is 0 Å². The molecule has 0 spiro atoms. The Labute approximate surface area is 53.7 Å². The highest BCUT2D eigenvalue weighted by Gasteiger charge is 2.12. The zero-order valence-electron chi connectivity index (χ0n) is 5.16. The summed E-state index contributed by atoms with van der Waals surface area (Å²) in [7, 11) is -3.55. The second kappa shape index (κ2) is 2.75. The summed E-state index contributed by atoms with van der Waals surface area (Å²) in [6.45, 7) is 2.88. The van der Waals surface area contributed by atoms with Gasteiger partial charge in [0.2, 0.25) is 0 Å². The molecule has 0 aliphatic heterocycles. The minimum atomic E-state index is -3.55. The molecule has 0 N–H and O–H groups in total. The largest absolute Gasteiger partial charge is 0.265 e. The fourth-order valence-corrected chi connectivity index (χ4v) is 0.472. The minimum absolute atomic E-state index is 0.640. The third kappa shape index (κ3) is 2.39. The van der Waals surface area contributed by atoms with Crippen LogP contribution in [-0.2, 0) is 14.8 Å². The fraction of sp³-hybridized carbons (Fsp3) is 0.750. The Kier molecular flexibility index (Phi) is 2.55. The molecule has 0 aromatic rings. The molecule has 0 fully saturated rings. The molecule has 0 saturated heterocycles. The van der Waals surface area contributed by atoms with E-state index in [1.807, 2.05) is 0 Å². The Hall–Kier alpha value is -0.670. The monoisotopic (exact) mass is 149 g/mol. The van der Waals surface area contributed by atoms with E-state index in [0.29, 0.717) is 0 Å². The van der Waals surface area contributed by atoms with Crippen LogP contribution in [0.2, 0.25) is 0 Å². The standard InChI is InChI=1S/C4H7NO3S/c1-4(2)9(7,8)5-3-6/h4H,1-2H3. The Morgan fingerprint density at radius 3 is 2.00 bits per heavy atom. The van der Waals surface area contributed by atoms with Gasteiger partial charge in [-0.1, -0.05) is 4.40 Å². The Morgan fingerprint density at radius 2 is 1.89 bits per heavy atom. The molecule has 52 valence electrons. The van der Waals surface area contributed by atoms with E-state index in [-0.39, 0.29) is 0 Å². The van der Waals surface area contributed by atoms with E-state index in [1.54, 1.807) is 0 Å². The average Bonchev–Trinajstić information content (AvgIpc) is 1.65. The summed E-state index contributed by atoms with van der Waals surface area (Å²) >= 11 is 0. The molecule has 0 atom stereocenters. The average molecular weight is 149 g/mol. The first kappa shape index (κ1) is 8.33. The van der Waals surface area contributed by atoms with Crippen LogP contribution >= 0.6 is 0 Å². The number of hydrogen-bond donors (Lipinski definition) is 0. The molecule has 4 nitrogen and oxygen atoms in total. The van der Waals surface area contributed by atoms with Crippen molar-refractivity contribution < 1.29 is 13.2 Å². The van der Waals surface area contributed by atoms with Gasteiger partial charge in [0.15, 0.2) is 0 Å². The van der Waals surface area contributed by atoms with Crippen molar-refractivity contribution in [2.24, 2.45) is 4.40 Å². The SMILES string of the molecule is CC(C)S(=O)(=O)N=C=O. The Balaban J connectivity index is 4.62. The number of carbonyl (C=O) groups excluding carboxylic acids is 1. The highest BCUT2D eigenvalue weighted by molar-refractivity contribution is 7.90. The van der Waals surface area contributed by atoms with Gasteiger partial charge < -0.3 is 0 Å². The first-order valence-electron chi connectivity index (χ1n) is 2.33. The van der Waals surface area contributed by atoms with Gasteiger partial charge in [-0.15, -0.1) is 0 Å². The molecule has 0 rings (SSSR count). The quantitative estimate of drug-likeness (QED) is 0.412. The maximum atomic E-state index is 10.5. The van der Waals surface area contributed by atoms with Gasteiger partial charge in [0.05, 0.1) is 5.25 Å². The zero-order valence-corrected chi connectivity index (χ0v) is 5.97. The maximum absolute atomic E-state index is 10.5. The van der Waals surface area contributed by atoms with Crippen molar-refractivity contribution in [3.05, 3.63) is 0 Å². The van der Waals surface area contributed by atoms with Crippen molar-refractivity contribution in [2.75, 3.05) is 0 Å². The van der Waals surface area contributed by atoms with Gasteiger partial charge in [-0.2, -0.15) is 0 Å². The highest BCUT2D eigenvalue weighted by Crippen LogP contribution is 1.99. The number of nitrogens with zero attached hydrogens (tertiary/aromatic N) is 1. The summed E-state index contributed by atoms with van der Waals surface area (Å²) in [5, 5.41) is -0.640. The third-order valence-electron chi connectivity index (χ3n) is 0.760. The third-order valence-corrected chi connectivity index (χ3v) is 2.28. The number of isocyanates is 1. The van der Waals surface area contributed by atoms with Crippen molar-refractivity contribution in [2.45, 2.75) is 19.1 Å². The van der Waals surface area contributed by atoms with Gasteiger partial charge >= 0.3 is 0 Å². The summed E-state index contributed by atoms with van der Waals surface area (Å²) in [6, 6.07) is 0. The van der Waals surface area contributed by atoms with Crippen LogP contribution in [-0.4, -0.2) is 19.7 Å². The molecule has 0 aromatic carbocycles. The summed E-state index contributed by atoms with van der Waals surface area (Å²) in [6.07, 6.45) is 0.976. The molecular weight excluding hydrogens is 142 g/mol. The molecule has 0 amide bonds. The summed E-state index contributed by atoms with van der Waals surface area (Å²) < 4.78 is 23.6. The van der Waals surface area contributed by atoms with E-state index < -0.39 is 15.3 Å². The lowest BCUT2D eigenvalue weighted by Crippen LogP contribution is -2.09. The smallest absolute Gasteiger partial charge is 0.210 e. The summed E-state index contributed by atoms with van der Waals surface area (Å²) in [5.41, 5.74) is 0. The Bertz CT molecular complexity index is 222. The van der Waals surface area contributed by atoms with E-state index in [9.17, 15) is 13.2 Å². The normalized spacial score (nSPS) is 11.0. The van der Waals surface area contributed by atoms with Crippen LogP contribution in [0.15, 0.2) is 4.40 Å². The van der Waals surface area contributed by atoms with Gasteiger partial charge in [-0.05, 0) is 13.8 Å². The van der Waals surface area contributed by atoms with Crippen LogP contribution < -0.4 is 0 Å². The molecule has 9 heavy (non-hydrogen) atoms. The Morgan fingerprint density at radius 1 is 1.44 bits per heavy atom. The fourth-order valence-electron chi connectivity index (χ4n) is 0.157. The second-order valence-electron chi connectivity index (χ2n) is 1.75. The summed E-state index contributed by atoms with van der Waals surface area (Å²) in [4.78, 5) is 9.45. The van der Waals surface area contributed by atoms with Crippen LogP contribution in [0.3, 0.4) is 0 Å². The van der Waals surface area contributed by atoms with Crippen LogP contribution in [0.25, 0.3) is 0 Å². The molecule has 0 heterocycles. The lowest BCUT2D eigenvalue weighted by atomic mass is 10.6. The molecule has 0 radical (unpaired) electrons. The first-order valence-corrected chi connectivity index (χ1v) is 3.84. The lowest BCUT2D eigenvalue weighted by Gasteiger charge is -1.95. The topological polar surface area (TPSA) is 63.6 Å². The van der Waals surface area contributed by atoms with E-state index in [0.717, 1.165) is 6.08 Å². The predicted molar refractivity (Wildman–Crippen MR) is 32.2 cm³/mol. The summed E-state index contributed by atoms with van der Waals surface area (Å²) in [5.74, 6) is 0. The minimum Gasteiger partial charge on any atom is -0.210 e. The van der Waals surface area contributed by atoms with E-state index >= 15 is 0 Å². The lowest BCUT2D eigenvalue weighted by molar-refractivity contribution is 0.562. The molecule has 0 aromatic heterocycles. The van der Waals surface area contributed by atoms with Gasteiger partial charge in [-0.3, -0.25) is 0 Å². The number of hydrogen-bond acceptors (Lipinski definition) is 3. The van der Waals surface area contributed by atoms with Crippen molar-refractivity contribution >= 4 is 16.1 Å².